The van der Waals surface area contributed by atoms with Crippen LogP contribution < -0.4 is 10.9 Å². The van der Waals surface area contributed by atoms with Gasteiger partial charge in [0.25, 0.3) is 5.56 Å². The Kier molecular flexibility index (Phi) is 4.89. The predicted molar refractivity (Wildman–Crippen MR) is 83.1 cm³/mol. The van der Waals surface area contributed by atoms with Gasteiger partial charge < -0.3 is 5.32 Å². The molecule has 5 nitrogen and oxygen atoms in total. The Morgan fingerprint density at radius 3 is 2.95 bits per heavy atom. The van der Waals surface area contributed by atoms with Crippen molar-refractivity contribution in [1.82, 2.24) is 14.5 Å². The Morgan fingerprint density at radius 1 is 1.40 bits per heavy atom. The van der Waals surface area contributed by atoms with Gasteiger partial charge in [0.05, 0.1) is 24.3 Å². The first-order valence-electron chi connectivity index (χ1n) is 6.53. The third-order valence-electron chi connectivity index (χ3n) is 2.85. The van der Waals surface area contributed by atoms with Crippen LogP contribution in [0.4, 0.5) is 5.82 Å². The van der Waals surface area contributed by atoms with Gasteiger partial charge in [-0.3, -0.25) is 9.36 Å². The SMILES string of the molecule is CCCNc1cccc(Cn2cnc(C)c(Br)c2=O)n1. The number of hydrogen-bond acceptors (Lipinski definition) is 4. The van der Waals surface area contributed by atoms with Gasteiger partial charge in [-0.15, -0.1) is 0 Å². The lowest BCUT2D eigenvalue weighted by Gasteiger charge is -2.09. The van der Waals surface area contributed by atoms with Crippen LogP contribution in [0, 0.1) is 6.92 Å². The van der Waals surface area contributed by atoms with Crippen molar-refractivity contribution in [3.05, 3.63) is 50.7 Å². The van der Waals surface area contributed by atoms with Gasteiger partial charge in [-0.2, -0.15) is 0 Å². The van der Waals surface area contributed by atoms with Crippen LogP contribution in [-0.4, -0.2) is 21.1 Å². The van der Waals surface area contributed by atoms with Crippen LogP contribution in [0.2, 0.25) is 0 Å². The molecule has 0 saturated heterocycles. The minimum atomic E-state index is -0.0915. The molecular formula is C14H17BrN4O. The minimum Gasteiger partial charge on any atom is -0.370 e. The molecule has 106 valence electrons. The van der Waals surface area contributed by atoms with Gasteiger partial charge in [0.1, 0.15) is 10.3 Å². The summed E-state index contributed by atoms with van der Waals surface area (Å²) in [5.41, 5.74) is 1.43. The van der Waals surface area contributed by atoms with E-state index in [9.17, 15) is 4.79 Å². The predicted octanol–water partition coefficient (Wildman–Crippen LogP) is 2.58. The van der Waals surface area contributed by atoms with E-state index in [1.165, 1.54) is 0 Å². The van der Waals surface area contributed by atoms with E-state index in [0.29, 0.717) is 16.7 Å². The van der Waals surface area contributed by atoms with E-state index in [-0.39, 0.29) is 5.56 Å². The Hall–Kier alpha value is -1.69. The summed E-state index contributed by atoms with van der Waals surface area (Å²) in [6.07, 6.45) is 2.59. The van der Waals surface area contributed by atoms with E-state index in [2.05, 4.69) is 38.1 Å². The largest absolute Gasteiger partial charge is 0.370 e. The first-order chi connectivity index (χ1) is 9.61. The third kappa shape index (κ3) is 3.45. The highest BCUT2D eigenvalue weighted by Gasteiger charge is 2.06. The summed E-state index contributed by atoms with van der Waals surface area (Å²) in [6, 6.07) is 5.75. The van der Waals surface area contributed by atoms with Crippen LogP contribution in [0.5, 0.6) is 0 Å². The zero-order chi connectivity index (χ0) is 14.5. The molecule has 2 aromatic heterocycles. The molecule has 20 heavy (non-hydrogen) atoms. The summed E-state index contributed by atoms with van der Waals surface area (Å²) in [7, 11) is 0. The lowest BCUT2D eigenvalue weighted by atomic mass is 10.3. The van der Waals surface area contributed by atoms with Gasteiger partial charge in [-0.05, 0) is 41.4 Å². The molecule has 0 bridgehead atoms. The summed E-state index contributed by atoms with van der Waals surface area (Å²) < 4.78 is 2.04. The zero-order valence-electron chi connectivity index (χ0n) is 11.6. The van der Waals surface area contributed by atoms with Gasteiger partial charge in [0.15, 0.2) is 0 Å². The van der Waals surface area contributed by atoms with Gasteiger partial charge in [-0.25, -0.2) is 9.97 Å². The smallest absolute Gasteiger partial charge is 0.268 e. The van der Waals surface area contributed by atoms with E-state index in [4.69, 9.17) is 0 Å². The van der Waals surface area contributed by atoms with Crippen molar-refractivity contribution in [2.75, 3.05) is 11.9 Å². The van der Waals surface area contributed by atoms with E-state index < -0.39 is 0 Å². The molecule has 0 fully saturated rings. The summed E-state index contributed by atoms with van der Waals surface area (Å²) in [4.78, 5) is 20.7. The number of aromatic nitrogens is 3. The van der Waals surface area contributed by atoms with Gasteiger partial charge in [-0.1, -0.05) is 13.0 Å². The highest BCUT2D eigenvalue weighted by atomic mass is 79.9. The average molecular weight is 337 g/mol. The third-order valence-corrected chi connectivity index (χ3v) is 3.77. The second kappa shape index (κ2) is 6.65. The zero-order valence-corrected chi connectivity index (χ0v) is 13.1. The molecule has 0 spiro atoms. The maximum atomic E-state index is 12.1. The van der Waals surface area contributed by atoms with Gasteiger partial charge >= 0.3 is 0 Å². The minimum absolute atomic E-state index is 0.0915. The quantitative estimate of drug-likeness (QED) is 0.911. The number of nitrogens with one attached hydrogen (secondary N) is 1. The molecule has 2 rings (SSSR count). The van der Waals surface area contributed by atoms with Crippen LogP contribution in [0.1, 0.15) is 24.7 Å². The van der Waals surface area contributed by atoms with Crippen LogP contribution >= 0.6 is 15.9 Å². The fourth-order valence-electron chi connectivity index (χ4n) is 1.75. The standard InChI is InChI=1S/C14H17BrN4O/c1-3-7-16-12-6-4-5-11(18-12)8-19-9-17-10(2)13(15)14(19)20/h4-6,9H,3,7-8H2,1-2H3,(H,16,18). The number of rotatable bonds is 5. The number of aryl methyl sites for hydroxylation is 1. The van der Waals surface area contributed by atoms with E-state index in [1.54, 1.807) is 17.8 Å². The molecule has 0 aliphatic heterocycles. The van der Waals surface area contributed by atoms with Crippen molar-refractivity contribution < 1.29 is 0 Å². The van der Waals surface area contributed by atoms with E-state index >= 15 is 0 Å². The number of hydrogen-bond donors (Lipinski definition) is 1. The summed E-state index contributed by atoms with van der Waals surface area (Å²) in [6.45, 7) is 5.19. The van der Waals surface area contributed by atoms with Crippen LogP contribution in [0.15, 0.2) is 33.8 Å². The maximum Gasteiger partial charge on any atom is 0.268 e. The molecule has 0 amide bonds. The molecule has 6 heteroatoms. The molecule has 0 saturated carbocycles. The molecule has 2 heterocycles. The van der Waals surface area contributed by atoms with Gasteiger partial charge in [0, 0.05) is 6.54 Å². The number of anilines is 1. The van der Waals surface area contributed by atoms with Crippen molar-refractivity contribution in [3.63, 3.8) is 0 Å². The molecule has 0 atom stereocenters. The number of nitrogens with zero attached hydrogens (tertiary/aromatic N) is 3. The Morgan fingerprint density at radius 2 is 2.20 bits per heavy atom. The van der Waals surface area contributed by atoms with Crippen molar-refractivity contribution in [2.45, 2.75) is 26.8 Å². The molecule has 2 aromatic rings. The fourth-order valence-corrected chi connectivity index (χ4v) is 2.08. The maximum absolute atomic E-state index is 12.1. The highest BCUT2D eigenvalue weighted by molar-refractivity contribution is 9.10. The second-order valence-electron chi connectivity index (χ2n) is 4.52. The Bertz CT molecular complexity index is 654. The topological polar surface area (TPSA) is 59.8 Å². The normalized spacial score (nSPS) is 10.6. The van der Waals surface area contributed by atoms with Crippen molar-refractivity contribution >= 4 is 21.7 Å². The molecular weight excluding hydrogens is 320 g/mol. The van der Waals surface area contributed by atoms with Gasteiger partial charge in [0.2, 0.25) is 0 Å². The lowest BCUT2D eigenvalue weighted by molar-refractivity contribution is 0.709. The molecule has 0 radical (unpaired) electrons. The van der Waals surface area contributed by atoms with Crippen LogP contribution in [0.25, 0.3) is 0 Å². The fraction of sp³-hybridized carbons (Fsp3) is 0.357. The summed E-state index contributed by atoms with van der Waals surface area (Å²) in [5, 5.41) is 3.23. The molecule has 0 unspecified atom stereocenters. The Labute approximate surface area is 126 Å². The average Bonchev–Trinajstić information content (AvgIpc) is 2.46. The van der Waals surface area contributed by atoms with E-state index in [0.717, 1.165) is 24.5 Å². The van der Waals surface area contributed by atoms with Crippen LogP contribution in [-0.2, 0) is 6.54 Å². The highest BCUT2D eigenvalue weighted by Crippen LogP contribution is 2.09. The lowest BCUT2D eigenvalue weighted by Crippen LogP contribution is -2.23. The summed E-state index contributed by atoms with van der Waals surface area (Å²) in [5.74, 6) is 0.830. The van der Waals surface area contributed by atoms with Crippen molar-refractivity contribution in [2.24, 2.45) is 0 Å². The summed E-state index contributed by atoms with van der Waals surface area (Å²) >= 11 is 3.26. The molecule has 0 aromatic carbocycles. The monoisotopic (exact) mass is 336 g/mol. The first-order valence-corrected chi connectivity index (χ1v) is 7.32. The number of pyridine rings is 1. The Balaban J connectivity index is 2.22. The van der Waals surface area contributed by atoms with Crippen LogP contribution in [0.3, 0.4) is 0 Å². The molecule has 0 aliphatic carbocycles. The first kappa shape index (κ1) is 14.7. The molecule has 1 N–H and O–H groups in total. The van der Waals surface area contributed by atoms with Crippen molar-refractivity contribution in [3.8, 4) is 0 Å². The molecule has 0 aliphatic rings. The second-order valence-corrected chi connectivity index (χ2v) is 5.31. The van der Waals surface area contributed by atoms with E-state index in [1.807, 2.05) is 18.2 Å². The van der Waals surface area contributed by atoms with Crippen molar-refractivity contribution in [1.29, 1.82) is 0 Å². The number of halogens is 1.